The third-order valence-corrected chi connectivity index (χ3v) is 4.71. The summed E-state index contributed by atoms with van der Waals surface area (Å²) in [6.45, 7) is 4.81. The van der Waals surface area contributed by atoms with Gasteiger partial charge in [0.25, 0.3) is 0 Å². The van der Waals surface area contributed by atoms with E-state index in [2.05, 4.69) is 48.0 Å². The summed E-state index contributed by atoms with van der Waals surface area (Å²) in [5.74, 6) is 1.15. The van der Waals surface area contributed by atoms with Crippen molar-refractivity contribution in [2.24, 2.45) is 11.8 Å². The lowest BCUT2D eigenvalue weighted by Gasteiger charge is -2.21. The third-order valence-electron chi connectivity index (χ3n) is 3.93. The van der Waals surface area contributed by atoms with Crippen LogP contribution in [0.3, 0.4) is 0 Å². The van der Waals surface area contributed by atoms with Crippen LogP contribution in [-0.2, 0) is 6.42 Å². The van der Waals surface area contributed by atoms with Gasteiger partial charge in [-0.25, -0.2) is 0 Å². The summed E-state index contributed by atoms with van der Waals surface area (Å²) in [7, 11) is 0. The Bertz CT molecular complexity index is 351. The standard InChI is InChI=1S/C17H27BrO/c1-3-5-8-14(4-2)11-15(13-19)12-16-9-6-7-10-17(16)18/h6-7,9-10,14-15,19H,3-5,8,11-13H2,1-2H3. The number of benzene rings is 1. The summed E-state index contributed by atoms with van der Waals surface area (Å²) in [6, 6.07) is 8.35. The average Bonchev–Trinajstić information content (AvgIpc) is 2.44. The first-order chi connectivity index (χ1) is 9.21. The molecule has 0 amide bonds. The van der Waals surface area contributed by atoms with Crippen LogP contribution in [0.2, 0.25) is 0 Å². The van der Waals surface area contributed by atoms with Crippen LogP contribution in [0.1, 0.15) is 51.5 Å². The minimum atomic E-state index is 0.296. The van der Waals surface area contributed by atoms with E-state index in [4.69, 9.17) is 0 Å². The van der Waals surface area contributed by atoms with Crippen LogP contribution >= 0.6 is 15.9 Å². The van der Waals surface area contributed by atoms with Crippen molar-refractivity contribution in [3.63, 3.8) is 0 Å². The highest BCUT2D eigenvalue weighted by Gasteiger charge is 2.16. The summed E-state index contributed by atoms with van der Waals surface area (Å²) in [6.07, 6.45) is 7.23. The molecule has 0 aliphatic heterocycles. The largest absolute Gasteiger partial charge is 0.396 e. The van der Waals surface area contributed by atoms with Gasteiger partial charge in [0, 0.05) is 11.1 Å². The molecule has 0 heterocycles. The van der Waals surface area contributed by atoms with Crippen LogP contribution in [0, 0.1) is 11.8 Å². The first kappa shape index (κ1) is 16.7. The monoisotopic (exact) mass is 326 g/mol. The normalized spacial score (nSPS) is 14.3. The van der Waals surface area contributed by atoms with Crippen LogP contribution in [0.15, 0.2) is 28.7 Å². The maximum atomic E-state index is 9.63. The van der Waals surface area contributed by atoms with E-state index in [-0.39, 0.29) is 0 Å². The highest BCUT2D eigenvalue weighted by Crippen LogP contribution is 2.26. The van der Waals surface area contributed by atoms with Crippen molar-refractivity contribution in [2.75, 3.05) is 6.61 Å². The Morgan fingerprint density at radius 3 is 2.47 bits per heavy atom. The zero-order valence-electron chi connectivity index (χ0n) is 12.2. The number of rotatable bonds is 9. The van der Waals surface area contributed by atoms with Crippen LogP contribution in [0.4, 0.5) is 0 Å². The van der Waals surface area contributed by atoms with Gasteiger partial charge < -0.3 is 5.11 Å². The predicted molar refractivity (Wildman–Crippen MR) is 86.3 cm³/mol. The molecule has 0 saturated carbocycles. The highest BCUT2D eigenvalue weighted by atomic mass is 79.9. The van der Waals surface area contributed by atoms with Gasteiger partial charge in [-0.1, -0.05) is 73.7 Å². The van der Waals surface area contributed by atoms with Crippen molar-refractivity contribution in [1.29, 1.82) is 0 Å². The maximum Gasteiger partial charge on any atom is 0.0462 e. The van der Waals surface area contributed by atoms with Gasteiger partial charge in [0.2, 0.25) is 0 Å². The average molecular weight is 327 g/mol. The van der Waals surface area contributed by atoms with Crippen LogP contribution < -0.4 is 0 Å². The van der Waals surface area contributed by atoms with E-state index in [0.717, 1.165) is 23.2 Å². The van der Waals surface area contributed by atoms with Crippen molar-refractivity contribution in [1.82, 2.24) is 0 Å². The number of hydrogen-bond donors (Lipinski definition) is 1. The molecule has 108 valence electrons. The molecule has 1 aromatic carbocycles. The maximum absolute atomic E-state index is 9.63. The summed E-state index contributed by atoms with van der Waals surface area (Å²) in [4.78, 5) is 0. The van der Waals surface area contributed by atoms with Gasteiger partial charge in [0.05, 0.1) is 0 Å². The molecule has 2 atom stereocenters. The molecule has 0 aliphatic carbocycles. The SMILES string of the molecule is CCCCC(CC)CC(CO)Cc1ccccc1Br. The molecular formula is C17H27BrO. The van der Waals surface area contributed by atoms with Gasteiger partial charge in [0.1, 0.15) is 0 Å². The molecule has 0 radical (unpaired) electrons. The summed E-state index contributed by atoms with van der Waals surface area (Å²) in [5, 5.41) is 9.63. The van der Waals surface area contributed by atoms with Gasteiger partial charge in [0.15, 0.2) is 0 Å². The topological polar surface area (TPSA) is 20.2 Å². The molecule has 1 rings (SSSR count). The molecule has 19 heavy (non-hydrogen) atoms. The number of aliphatic hydroxyl groups excluding tert-OH is 1. The Labute approximate surface area is 126 Å². The summed E-state index contributed by atoms with van der Waals surface area (Å²) in [5.41, 5.74) is 1.31. The fraction of sp³-hybridized carbons (Fsp3) is 0.647. The molecule has 0 bridgehead atoms. The van der Waals surface area contributed by atoms with E-state index in [1.807, 2.05) is 6.07 Å². The quantitative estimate of drug-likeness (QED) is 0.660. The van der Waals surface area contributed by atoms with Crippen LogP contribution in [0.25, 0.3) is 0 Å². The molecular weight excluding hydrogens is 300 g/mol. The van der Waals surface area contributed by atoms with E-state index in [1.54, 1.807) is 0 Å². The molecule has 0 saturated heterocycles. The third kappa shape index (κ3) is 6.09. The van der Waals surface area contributed by atoms with Crippen molar-refractivity contribution >= 4 is 15.9 Å². The Kier molecular flexibility index (Phi) is 8.40. The number of hydrogen-bond acceptors (Lipinski definition) is 1. The van der Waals surface area contributed by atoms with Crippen molar-refractivity contribution in [3.05, 3.63) is 34.3 Å². The van der Waals surface area contributed by atoms with Gasteiger partial charge >= 0.3 is 0 Å². The first-order valence-electron chi connectivity index (χ1n) is 7.55. The van der Waals surface area contributed by atoms with Crippen molar-refractivity contribution in [2.45, 2.75) is 52.4 Å². The molecule has 1 N–H and O–H groups in total. The van der Waals surface area contributed by atoms with E-state index in [9.17, 15) is 5.11 Å². The zero-order valence-corrected chi connectivity index (χ0v) is 13.8. The zero-order chi connectivity index (χ0) is 14.1. The van der Waals surface area contributed by atoms with Gasteiger partial charge in [-0.2, -0.15) is 0 Å². The Balaban J connectivity index is 2.55. The smallest absolute Gasteiger partial charge is 0.0462 e. The summed E-state index contributed by atoms with van der Waals surface area (Å²) < 4.78 is 1.16. The molecule has 0 spiro atoms. The Morgan fingerprint density at radius 1 is 1.16 bits per heavy atom. The Morgan fingerprint density at radius 2 is 1.89 bits per heavy atom. The number of aliphatic hydroxyl groups is 1. The molecule has 2 unspecified atom stereocenters. The second-order valence-corrected chi connectivity index (χ2v) is 6.35. The van der Waals surface area contributed by atoms with Gasteiger partial charge in [-0.3, -0.25) is 0 Å². The van der Waals surface area contributed by atoms with Crippen molar-refractivity contribution < 1.29 is 5.11 Å². The van der Waals surface area contributed by atoms with Gasteiger partial charge in [-0.15, -0.1) is 0 Å². The van der Waals surface area contributed by atoms with E-state index < -0.39 is 0 Å². The fourth-order valence-electron chi connectivity index (χ4n) is 2.65. The first-order valence-corrected chi connectivity index (χ1v) is 8.34. The lowest BCUT2D eigenvalue weighted by molar-refractivity contribution is 0.194. The van der Waals surface area contributed by atoms with Crippen molar-refractivity contribution in [3.8, 4) is 0 Å². The predicted octanol–water partition coefficient (Wildman–Crippen LogP) is 5.21. The molecule has 1 aromatic rings. The fourth-order valence-corrected chi connectivity index (χ4v) is 3.10. The number of unbranched alkanes of at least 4 members (excludes halogenated alkanes) is 1. The summed E-state index contributed by atoms with van der Waals surface area (Å²) >= 11 is 3.60. The lowest BCUT2D eigenvalue weighted by atomic mass is 9.86. The molecule has 0 fully saturated rings. The number of halogens is 1. The lowest BCUT2D eigenvalue weighted by Crippen LogP contribution is -2.15. The van der Waals surface area contributed by atoms with E-state index in [1.165, 1.54) is 31.2 Å². The second-order valence-electron chi connectivity index (χ2n) is 5.50. The molecule has 0 aromatic heterocycles. The van der Waals surface area contributed by atoms with E-state index >= 15 is 0 Å². The molecule has 1 nitrogen and oxygen atoms in total. The van der Waals surface area contributed by atoms with Crippen LogP contribution in [-0.4, -0.2) is 11.7 Å². The van der Waals surface area contributed by atoms with E-state index in [0.29, 0.717) is 12.5 Å². The molecule has 2 heteroatoms. The minimum Gasteiger partial charge on any atom is -0.396 e. The molecule has 0 aliphatic rings. The Hall–Kier alpha value is -0.340. The van der Waals surface area contributed by atoms with Gasteiger partial charge in [-0.05, 0) is 36.3 Å². The minimum absolute atomic E-state index is 0.296. The van der Waals surface area contributed by atoms with Crippen LogP contribution in [0.5, 0.6) is 0 Å². The highest BCUT2D eigenvalue weighted by molar-refractivity contribution is 9.10. The second kappa shape index (κ2) is 9.55.